The summed E-state index contributed by atoms with van der Waals surface area (Å²) >= 11 is 1.74. The van der Waals surface area contributed by atoms with Gasteiger partial charge in [-0.2, -0.15) is 0 Å². The van der Waals surface area contributed by atoms with E-state index in [0.717, 1.165) is 53.9 Å². The summed E-state index contributed by atoms with van der Waals surface area (Å²) in [6.45, 7) is 2.82. The van der Waals surface area contributed by atoms with Gasteiger partial charge in [-0.25, -0.2) is 4.98 Å². The highest BCUT2D eigenvalue weighted by molar-refractivity contribution is 7.18. The van der Waals surface area contributed by atoms with Gasteiger partial charge in [0, 0.05) is 18.0 Å². The molecule has 0 aliphatic carbocycles. The molecule has 0 unspecified atom stereocenters. The van der Waals surface area contributed by atoms with Gasteiger partial charge in [0.25, 0.3) is 5.91 Å². The molecule has 29 heavy (non-hydrogen) atoms. The van der Waals surface area contributed by atoms with Crippen LogP contribution in [0, 0.1) is 0 Å². The molecule has 1 saturated heterocycles. The third-order valence-corrected chi connectivity index (χ3v) is 6.79. The molecule has 1 N–H and O–H groups in total. The summed E-state index contributed by atoms with van der Waals surface area (Å²) in [7, 11) is 3.84. The van der Waals surface area contributed by atoms with Crippen molar-refractivity contribution in [3.63, 3.8) is 0 Å². The molecule has 0 bridgehead atoms. The van der Waals surface area contributed by atoms with Crippen LogP contribution in [0.25, 0.3) is 10.2 Å². The lowest BCUT2D eigenvalue weighted by Gasteiger charge is -2.27. The third-order valence-electron chi connectivity index (χ3n) is 5.61. The van der Waals surface area contributed by atoms with Crippen molar-refractivity contribution in [3.05, 3.63) is 58.6 Å². The number of carbonyl (C=O) groups excluding carboxylic acids is 1. The number of hydrogen-bond acceptors (Lipinski definition) is 5. The molecular weight excluding hydrogens is 382 g/mol. The summed E-state index contributed by atoms with van der Waals surface area (Å²) in [6.07, 6.45) is 3.05. The van der Waals surface area contributed by atoms with Crippen LogP contribution in [0.5, 0.6) is 5.75 Å². The number of likely N-dealkylation sites (tertiary alicyclic amines) is 1. The maximum atomic E-state index is 12.6. The Labute approximate surface area is 175 Å². The molecular formula is C23H27N3O2S. The largest absolute Gasteiger partial charge is 0.496 e. The number of benzene rings is 2. The first-order chi connectivity index (χ1) is 14.1. The zero-order chi connectivity index (χ0) is 20.2. The normalized spacial score (nSPS) is 15.5. The highest BCUT2D eigenvalue weighted by atomic mass is 32.1. The van der Waals surface area contributed by atoms with Gasteiger partial charge in [-0.15, -0.1) is 11.3 Å². The first-order valence-corrected chi connectivity index (χ1v) is 10.9. The second-order valence-electron chi connectivity index (χ2n) is 7.63. The number of nitrogens with zero attached hydrogens (tertiary/aromatic N) is 2. The number of fused-ring (bicyclic) bond motifs is 1. The van der Waals surface area contributed by atoms with Gasteiger partial charge in [0.1, 0.15) is 5.75 Å². The second kappa shape index (κ2) is 8.93. The van der Waals surface area contributed by atoms with E-state index in [0.29, 0.717) is 18.0 Å². The third kappa shape index (κ3) is 4.60. The average molecular weight is 410 g/mol. The Bertz CT molecular complexity index is 993. The van der Waals surface area contributed by atoms with Gasteiger partial charge in [0.2, 0.25) is 0 Å². The first kappa shape index (κ1) is 19.9. The first-order valence-electron chi connectivity index (χ1n) is 10.1. The van der Waals surface area contributed by atoms with E-state index in [1.807, 2.05) is 42.5 Å². The zero-order valence-corrected chi connectivity index (χ0v) is 17.8. The van der Waals surface area contributed by atoms with Crippen LogP contribution in [0.3, 0.4) is 0 Å². The van der Waals surface area contributed by atoms with Crippen LogP contribution in [0.15, 0.2) is 42.5 Å². The van der Waals surface area contributed by atoms with Gasteiger partial charge < -0.3 is 15.0 Å². The quantitative estimate of drug-likeness (QED) is 0.666. The van der Waals surface area contributed by atoms with Crippen LogP contribution in [0.2, 0.25) is 0 Å². The lowest BCUT2D eigenvalue weighted by atomic mass is 9.98. The number of ether oxygens (including phenoxy) is 1. The van der Waals surface area contributed by atoms with E-state index in [1.165, 1.54) is 5.01 Å². The topological polar surface area (TPSA) is 54.5 Å². The molecule has 0 spiro atoms. The Morgan fingerprint density at radius 2 is 2.03 bits per heavy atom. The molecule has 2 aromatic carbocycles. The fraction of sp³-hybridized carbons (Fsp3) is 0.391. The van der Waals surface area contributed by atoms with E-state index < -0.39 is 0 Å². The zero-order valence-electron chi connectivity index (χ0n) is 17.0. The minimum atomic E-state index is -0.0453. The molecule has 1 aromatic heterocycles. The summed E-state index contributed by atoms with van der Waals surface area (Å²) in [5.41, 5.74) is 2.78. The molecule has 6 heteroatoms. The molecule has 5 nitrogen and oxygen atoms in total. The van der Waals surface area contributed by atoms with Gasteiger partial charge in [0.05, 0.1) is 22.3 Å². The summed E-state index contributed by atoms with van der Waals surface area (Å²) in [4.78, 5) is 19.8. The molecule has 3 aromatic rings. The predicted molar refractivity (Wildman–Crippen MR) is 118 cm³/mol. The number of carbonyl (C=O) groups is 1. The van der Waals surface area contributed by atoms with Gasteiger partial charge in [-0.3, -0.25) is 4.79 Å². The van der Waals surface area contributed by atoms with Crippen molar-refractivity contribution in [1.29, 1.82) is 0 Å². The van der Waals surface area contributed by atoms with Gasteiger partial charge in [0.15, 0.2) is 0 Å². The minimum absolute atomic E-state index is 0.0453. The van der Waals surface area contributed by atoms with Crippen LogP contribution < -0.4 is 10.1 Å². The minimum Gasteiger partial charge on any atom is -0.496 e. The van der Waals surface area contributed by atoms with E-state index >= 15 is 0 Å². The van der Waals surface area contributed by atoms with Crippen molar-refractivity contribution in [2.24, 2.45) is 0 Å². The lowest BCUT2D eigenvalue weighted by molar-refractivity contribution is 0.0954. The molecule has 152 valence electrons. The van der Waals surface area contributed by atoms with Crippen LogP contribution in [0.1, 0.15) is 39.7 Å². The van der Waals surface area contributed by atoms with Crippen molar-refractivity contribution >= 4 is 27.5 Å². The Morgan fingerprint density at radius 3 is 2.83 bits per heavy atom. The van der Waals surface area contributed by atoms with E-state index in [2.05, 4.69) is 17.3 Å². The number of amides is 1. The van der Waals surface area contributed by atoms with E-state index in [4.69, 9.17) is 9.72 Å². The fourth-order valence-electron chi connectivity index (χ4n) is 3.84. The molecule has 4 rings (SSSR count). The van der Waals surface area contributed by atoms with Gasteiger partial charge >= 0.3 is 0 Å². The molecule has 1 fully saturated rings. The Morgan fingerprint density at radius 1 is 1.24 bits per heavy atom. The van der Waals surface area contributed by atoms with Gasteiger partial charge in [-0.05, 0) is 69.2 Å². The number of thiazole rings is 1. The Hall–Kier alpha value is -2.44. The highest BCUT2D eigenvalue weighted by Crippen LogP contribution is 2.34. The van der Waals surface area contributed by atoms with E-state index in [-0.39, 0.29) is 5.91 Å². The van der Waals surface area contributed by atoms with Crippen LogP contribution in [-0.4, -0.2) is 49.6 Å². The summed E-state index contributed by atoms with van der Waals surface area (Å²) in [5, 5.41) is 4.23. The number of hydrogen-bond donors (Lipinski definition) is 1. The monoisotopic (exact) mass is 409 g/mol. The van der Waals surface area contributed by atoms with Gasteiger partial charge in [-0.1, -0.05) is 18.2 Å². The van der Waals surface area contributed by atoms with E-state index in [1.54, 1.807) is 18.4 Å². The molecule has 0 saturated carbocycles. The predicted octanol–water partition coefficient (Wildman–Crippen LogP) is 4.09. The lowest BCUT2D eigenvalue weighted by Crippen LogP contribution is -2.29. The SMILES string of the molecule is COc1ccccc1CCNC(=O)c1ccc2nc(C3CCN(C)CC3)sc2c1. The Balaban J connectivity index is 1.40. The van der Waals surface area contributed by atoms with Crippen LogP contribution in [0.4, 0.5) is 0 Å². The maximum Gasteiger partial charge on any atom is 0.251 e. The summed E-state index contributed by atoms with van der Waals surface area (Å²) < 4.78 is 6.47. The number of para-hydroxylation sites is 1. The molecule has 0 radical (unpaired) electrons. The smallest absolute Gasteiger partial charge is 0.251 e. The Kier molecular flexibility index (Phi) is 6.11. The number of nitrogens with one attached hydrogen (secondary N) is 1. The maximum absolute atomic E-state index is 12.6. The average Bonchev–Trinajstić information content (AvgIpc) is 3.18. The summed E-state index contributed by atoms with van der Waals surface area (Å²) in [6, 6.07) is 13.7. The molecule has 1 aliphatic rings. The van der Waals surface area contributed by atoms with Crippen molar-refractivity contribution in [2.75, 3.05) is 33.8 Å². The van der Waals surface area contributed by atoms with Crippen LogP contribution >= 0.6 is 11.3 Å². The second-order valence-corrected chi connectivity index (χ2v) is 8.69. The highest BCUT2D eigenvalue weighted by Gasteiger charge is 2.21. The number of piperidine rings is 1. The van der Waals surface area contributed by atoms with Crippen molar-refractivity contribution < 1.29 is 9.53 Å². The molecule has 1 amide bonds. The number of methoxy groups -OCH3 is 1. The van der Waals surface area contributed by atoms with Crippen LogP contribution in [-0.2, 0) is 6.42 Å². The number of aromatic nitrogens is 1. The number of rotatable bonds is 6. The van der Waals surface area contributed by atoms with E-state index in [9.17, 15) is 4.79 Å². The van der Waals surface area contributed by atoms with Crippen molar-refractivity contribution in [1.82, 2.24) is 15.2 Å². The molecule has 0 atom stereocenters. The van der Waals surface area contributed by atoms with Crippen molar-refractivity contribution in [2.45, 2.75) is 25.2 Å². The van der Waals surface area contributed by atoms with Crippen molar-refractivity contribution in [3.8, 4) is 5.75 Å². The fourth-order valence-corrected chi connectivity index (χ4v) is 5.01. The molecule has 2 heterocycles. The summed E-state index contributed by atoms with van der Waals surface area (Å²) in [5.74, 6) is 1.35. The molecule has 1 aliphatic heterocycles. The standard InChI is InChI=1S/C23H27N3O2S/c1-26-13-10-17(11-14-26)23-25-19-8-7-18(15-21(19)29-23)22(27)24-12-9-16-5-3-4-6-20(16)28-2/h3-8,15,17H,9-14H2,1-2H3,(H,24,27).